The fraction of sp³-hybridized carbons (Fsp3) is 0. The molecule has 5 heteroatoms. The van der Waals surface area contributed by atoms with Gasteiger partial charge in [0.2, 0.25) is 0 Å². The Bertz CT molecular complexity index is 1230. The predicted molar refractivity (Wildman–Crippen MR) is 93.6 cm³/mol. The van der Waals surface area contributed by atoms with Gasteiger partial charge in [-0.2, -0.15) is 9.78 Å². The minimum absolute atomic E-state index is 0.171. The third kappa shape index (κ3) is 1.78. The summed E-state index contributed by atoms with van der Waals surface area (Å²) in [6, 6.07) is 19.4. The molecule has 114 valence electrons. The van der Waals surface area contributed by atoms with E-state index in [1.807, 2.05) is 60.7 Å². The minimum Gasteiger partial charge on any atom is -0.360 e. The SMILES string of the molecule is O=c1c2c[nH]c3ccccc3c-2nn1-c1ccc2ccccc2n1. The summed E-state index contributed by atoms with van der Waals surface area (Å²) in [4.78, 5) is 20.5. The lowest BCUT2D eigenvalue weighted by atomic mass is 10.1. The molecular weight excluding hydrogens is 300 g/mol. The van der Waals surface area contributed by atoms with E-state index >= 15 is 0 Å². The van der Waals surface area contributed by atoms with Crippen molar-refractivity contribution in [3.8, 4) is 17.1 Å². The van der Waals surface area contributed by atoms with Crippen LogP contribution in [0.25, 0.3) is 38.9 Å². The molecule has 3 heterocycles. The fourth-order valence-corrected chi connectivity index (χ4v) is 3.04. The molecule has 2 aliphatic rings. The van der Waals surface area contributed by atoms with Crippen molar-refractivity contribution in [1.82, 2.24) is 19.7 Å². The molecule has 0 fully saturated rings. The van der Waals surface area contributed by atoms with Crippen molar-refractivity contribution in [1.29, 1.82) is 0 Å². The molecule has 2 aromatic carbocycles. The molecule has 0 bridgehead atoms. The summed E-state index contributed by atoms with van der Waals surface area (Å²) >= 11 is 0. The van der Waals surface area contributed by atoms with Gasteiger partial charge < -0.3 is 4.98 Å². The van der Waals surface area contributed by atoms with Gasteiger partial charge in [0.05, 0.1) is 11.1 Å². The van der Waals surface area contributed by atoms with Crippen LogP contribution in [-0.2, 0) is 0 Å². The molecule has 1 aromatic heterocycles. The lowest BCUT2D eigenvalue weighted by Gasteiger charge is -2.02. The third-order valence-corrected chi connectivity index (χ3v) is 4.23. The third-order valence-electron chi connectivity index (χ3n) is 4.23. The number of hydrogen-bond donors (Lipinski definition) is 1. The van der Waals surface area contributed by atoms with Crippen LogP contribution in [0.5, 0.6) is 0 Å². The lowest BCUT2D eigenvalue weighted by Crippen LogP contribution is -2.15. The smallest absolute Gasteiger partial charge is 0.283 e. The Kier molecular flexibility index (Phi) is 2.58. The number of para-hydroxylation sites is 2. The molecule has 0 radical (unpaired) electrons. The van der Waals surface area contributed by atoms with Crippen LogP contribution in [0.4, 0.5) is 0 Å². The molecule has 5 rings (SSSR count). The van der Waals surface area contributed by atoms with Gasteiger partial charge in [-0.15, -0.1) is 0 Å². The van der Waals surface area contributed by atoms with Gasteiger partial charge in [0, 0.05) is 22.5 Å². The van der Waals surface area contributed by atoms with Crippen LogP contribution < -0.4 is 5.56 Å². The topological polar surface area (TPSA) is 63.6 Å². The number of benzene rings is 2. The predicted octanol–water partition coefficient (Wildman–Crippen LogP) is 3.37. The summed E-state index contributed by atoms with van der Waals surface area (Å²) in [7, 11) is 0. The number of H-pyrrole nitrogens is 1. The van der Waals surface area contributed by atoms with E-state index in [9.17, 15) is 4.79 Å². The van der Waals surface area contributed by atoms with E-state index in [4.69, 9.17) is 0 Å². The number of fused-ring (bicyclic) bond motifs is 4. The van der Waals surface area contributed by atoms with Gasteiger partial charge in [-0.05, 0) is 24.3 Å². The lowest BCUT2D eigenvalue weighted by molar-refractivity contribution is 0.832. The van der Waals surface area contributed by atoms with E-state index in [0.29, 0.717) is 17.1 Å². The Balaban J connectivity index is 1.82. The minimum atomic E-state index is -0.171. The quantitative estimate of drug-likeness (QED) is 0.516. The van der Waals surface area contributed by atoms with Gasteiger partial charge >= 0.3 is 0 Å². The highest BCUT2D eigenvalue weighted by Crippen LogP contribution is 2.25. The number of rotatable bonds is 1. The summed E-state index contributed by atoms with van der Waals surface area (Å²) < 4.78 is 1.37. The Morgan fingerprint density at radius 1 is 0.917 bits per heavy atom. The Labute approximate surface area is 136 Å². The molecular formula is C19H12N4O. The second-order valence-electron chi connectivity index (χ2n) is 5.68. The van der Waals surface area contributed by atoms with E-state index < -0.39 is 0 Å². The molecule has 0 spiro atoms. The monoisotopic (exact) mass is 312 g/mol. The molecule has 3 aromatic rings. The summed E-state index contributed by atoms with van der Waals surface area (Å²) in [5, 5.41) is 6.49. The van der Waals surface area contributed by atoms with Crippen LogP contribution in [0.2, 0.25) is 0 Å². The van der Waals surface area contributed by atoms with E-state index in [-0.39, 0.29) is 5.56 Å². The number of aromatic amines is 1. The zero-order valence-corrected chi connectivity index (χ0v) is 12.6. The highest BCUT2D eigenvalue weighted by atomic mass is 16.1. The molecule has 0 amide bonds. The van der Waals surface area contributed by atoms with Gasteiger partial charge in [0.15, 0.2) is 5.82 Å². The van der Waals surface area contributed by atoms with Crippen molar-refractivity contribution >= 4 is 21.8 Å². The zero-order chi connectivity index (χ0) is 16.1. The van der Waals surface area contributed by atoms with Gasteiger partial charge in [-0.1, -0.05) is 36.4 Å². The number of hydrogen-bond acceptors (Lipinski definition) is 3. The molecule has 0 atom stereocenters. The van der Waals surface area contributed by atoms with Crippen molar-refractivity contribution in [2.75, 3.05) is 0 Å². The molecule has 24 heavy (non-hydrogen) atoms. The van der Waals surface area contributed by atoms with Gasteiger partial charge in [0.1, 0.15) is 5.69 Å². The van der Waals surface area contributed by atoms with Crippen LogP contribution in [-0.4, -0.2) is 19.7 Å². The molecule has 5 nitrogen and oxygen atoms in total. The standard InChI is InChI=1S/C19H12N4O/c24-19-14-11-20-16-8-4-2-6-13(16)18(14)22-23(19)17-10-9-12-5-1-3-7-15(12)21-17/h1-11,20H. The summed E-state index contributed by atoms with van der Waals surface area (Å²) in [6.45, 7) is 0. The second-order valence-corrected chi connectivity index (χ2v) is 5.68. The molecule has 1 N–H and O–H groups in total. The van der Waals surface area contributed by atoms with Crippen molar-refractivity contribution in [3.63, 3.8) is 0 Å². The molecule has 0 unspecified atom stereocenters. The van der Waals surface area contributed by atoms with Gasteiger partial charge in [0.25, 0.3) is 5.56 Å². The average molecular weight is 312 g/mol. The van der Waals surface area contributed by atoms with Gasteiger partial charge in [-0.25, -0.2) is 4.98 Å². The Hall–Kier alpha value is -3.47. The Morgan fingerprint density at radius 2 is 1.75 bits per heavy atom. The van der Waals surface area contributed by atoms with E-state index in [1.165, 1.54) is 4.68 Å². The molecule has 0 saturated heterocycles. The van der Waals surface area contributed by atoms with E-state index in [0.717, 1.165) is 21.8 Å². The maximum atomic E-state index is 12.7. The number of pyridine rings is 2. The van der Waals surface area contributed by atoms with Crippen LogP contribution in [0.1, 0.15) is 0 Å². The number of nitrogens with zero attached hydrogens (tertiary/aromatic N) is 3. The van der Waals surface area contributed by atoms with E-state index in [1.54, 1.807) is 6.20 Å². The molecule has 2 aliphatic heterocycles. The highest BCUT2D eigenvalue weighted by molar-refractivity contribution is 5.93. The summed E-state index contributed by atoms with van der Waals surface area (Å²) in [5.74, 6) is 0.527. The summed E-state index contributed by atoms with van der Waals surface area (Å²) in [6.07, 6.45) is 1.71. The second kappa shape index (κ2) is 4.76. The fourth-order valence-electron chi connectivity index (χ4n) is 3.04. The van der Waals surface area contributed by atoms with Crippen molar-refractivity contribution in [2.24, 2.45) is 0 Å². The first kappa shape index (κ1) is 13.0. The number of aromatic nitrogens is 4. The van der Waals surface area contributed by atoms with Crippen molar-refractivity contribution in [2.45, 2.75) is 0 Å². The maximum Gasteiger partial charge on any atom is 0.283 e. The largest absolute Gasteiger partial charge is 0.360 e. The van der Waals surface area contributed by atoms with Crippen molar-refractivity contribution in [3.05, 3.63) is 77.2 Å². The zero-order valence-electron chi connectivity index (χ0n) is 12.6. The van der Waals surface area contributed by atoms with Crippen LogP contribution in [0.3, 0.4) is 0 Å². The molecule has 0 saturated carbocycles. The molecule has 0 aliphatic carbocycles. The van der Waals surface area contributed by atoms with Crippen LogP contribution in [0, 0.1) is 0 Å². The maximum absolute atomic E-state index is 12.7. The first-order valence-electron chi connectivity index (χ1n) is 7.66. The number of nitrogens with one attached hydrogen (secondary N) is 1. The van der Waals surface area contributed by atoms with Crippen molar-refractivity contribution < 1.29 is 0 Å². The Morgan fingerprint density at radius 3 is 2.71 bits per heavy atom. The van der Waals surface area contributed by atoms with Gasteiger partial charge in [-0.3, -0.25) is 4.79 Å². The van der Waals surface area contributed by atoms with Crippen LogP contribution in [0.15, 0.2) is 71.7 Å². The van der Waals surface area contributed by atoms with E-state index in [2.05, 4.69) is 15.1 Å². The summed E-state index contributed by atoms with van der Waals surface area (Å²) in [5.41, 5.74) is 2.86. The van der Waals surface area contributed by atoms with Crippen LogP contribution >= 0.6 is 0 Å². The normalized spacial score (nSPS) is 11.5. The average Bonchev–Trinajstić information content (AvgIpc) is 2.98. The first-order chi connectivity index (χ1) is 11.8. The highest BCUT2D eigenvalue weighted by Gasteiger charge is 2.19. The first-order valence-corrected chi connectivity index (χ1v) is 7.66.